The summed E-state index contributed by atoms with van der Waals surface area (Å²) in [5.41, 5.74) is 1.09. The van der Waals surface area contributed by atoms with Crippen molar-refractivity contribution in [3.8, 4) is 5.75 Å². The molecule has 0 bridgehead atoms. The molecular formula is C18H17ClN2O4. The number of nitrogens with one attached hydrogen (secondary N) is 1. The molecule has 6 nitrogen and oxygen atoms in total. The third-order valence-corrected chi connectivity index (χ3v) is 4.07. The number of carbonyl (C=O) groups excluding carboxylic acids is 2. The molecule has 3 rings (SSSR count). The molecule has 1 heterocycles. The van der Waals surface area contributed by atoms with Gasteiger partial charge in [-0.05, 0) is 30.3 Å². The van der Waals surface area contributed by atoms with Gasteiger partial charge in [-0.1, -0.05) is 29.8 Å². The van der Waals surface area contributed by atoms with Crippen LogP contribution >= 0.6 is 11.6 Å². The van der Waals surface area contributed by atoms with Crippen molar-refractivity contribution >= 4 is 29.3 Å². The second-order valence-electron chi connectivity index (χ2n) is 5.51. The van der Waals surface area contributed by atoms with Gasteiger partial charge in [0.15, 0.2) is 0 Å². The molecule has 2 aromatic carbocycles. The van der Waals surface area contributed by atoms with Crippen LogP contribution < -0.4 is 15.0 Å². The number of rotatable bonds is 5. The summed E-state index contributed by atoms with van der Waals surface area (Å²) in [6, 6.07) is 13.9. The van der Waals surface area contributed by atoms with E-state index in [1.165, 1.54) is 12.0 Å². The normalized spacial score (nSPS) is 16.5. The Balaban J connectivity index is 1.61. The van der Waals surface area contributed by atoms with Crippen molar-refractivity contribution < 1.29 is 19.1 Å². The number of halogens is 1. The molecule has 1 N–H and O–H groups in total. The third kappa shape index (κ3) is 3.85. The van der Waals surface area contributed by atoms with E-state index in [9.17, 15) is 9.59 Å². The van der Waals surface area contributed by atoms with Gasteiger partial charge in [0.25, 0.3) is 5.91 Å². The van der Waals surface area contributed by atoms with Crippen LogP contribution in [0.25, 0.3) is 0 Å². The highest BCUT2D eigenvalue weighted by Crippen LogP contribution is 2.24. The third-order valence-electron chi connectivity index (χ3n) is 3.84. The van der Waals surface area contributed by atoms with Crippen molar-refractivity contribution in [2.75, 3.05) is 25.1 Å². The Morgan fingerprint density at radius 3 is 2.88 bits per heavy atom. The van der Waals surface area contributed by atoms with Crippen LogP contribution in [0.5, 0.6) is 5.75 Å². The summed E-state index contributed by atoms with van der Waals surface area (Å²) in [6.45, 7) is 0.547. The second kappa shape index (κ2) is 7.44. The minimum absolute atomic E-state index is 0.208. The lowest BCUT2D eigenvalue weighted by Crippen LogP contribution is -2.34. The first kappa shape index (κ1) is 17.1. The Kier molecular flexibility index (Phi) is 5.09. The van der Waals surface area contributed by atoms with Crippen LogP contribution in [-0.2, 0) is 4.74 Å². The monoisotopic (exact) mass is 360 g/mol. The minimum Gasteiger partial charge on any atom is -0.496 e. The van der Waals surface area contributed by atoms with Gasteiger partial charge < -0.3 is 14.8 Å². The summed E-state index contributed by atoms with van der Waals surface area (Å²) < 4.78 is 10.5. The van der Waals surface area contributed by atoms with Gasteiger partial charge in [-0.15, -0.1) is 0 Å². The van der Waals surface area contributed by atoms with Crippen LogP contribution in [0.4, 0.5) is 10.5 Å². The maximum Gasteiger partial charge on any atom is 0.414 e. The summed E-state index contributed by atoms with van der Waals surface area (Å²) in [4.78, 5) is 25.8. The molecule has 1 aliphatic heterocycles. The Bertz CT molecular complexity index is 796. The van der Waals surface area contributed by atoms with Crippen LogP contribution in [0, 0.1) is 0 Å². The molecule has 25 heavy (non-hydrogen) atoms. The average Bonchev–Trinajstić information content (AvgIpc) is 3.00. The highest BCUT2D eigenvalue weighted by Gasteiger charge is 2.32. The van der Waals surface area contributed by atoms with E-state index in [0.717, 1.165) is 0 Å². The van der Waals surface area contributed by atoms with Crippen LogP contribution in [-0.4, -0.2) is 38.3 Å². The van der Waals surface area contributed by atoms with Crippen molar-refractivity contribution in [2.45, 2.75) is 6.10 Å². The first-order chi connectivity index (χ1) is 12.1. The summed E-state index contributed by atoms with van der Waals surface area (Å²) >= 11 is 5.96. The Labute approximate surface area is 150 Å². The van der Waals surface area contributed by atoms with Crippen molar-refractivity contribution in [3.05, 3.63) is 59.1 Å². The van der Waals surface area contributed by atoms with Crippen LogP contribution in [0.2, 0.25) is 5.02 Å². The van der Waals surface area contributed by atoms with Gasteiger partial charge in [0.2, 0.25) is 0 Å². The largest absolute Gasteiger partial charge is 0.496 e. The number of ether oxygens (including phenoxy) is 2. The van der Waals surface area contributed by atoms with Crippen LogP contribution in [0.1, 0.15) is 10.4 Å². The van der Waals surface area contributed by atoms with Gasteiger partial charge in [-0.25, -0.2) is 4.79 Å². The Morgan fingerprint density at radius 2 is 2.12 bits per heavy atom. The fourth-order valence-corrected chi connectivity index (χ4v) is 2.80. The number of hydrogen-bond acceptors (Lipinski definition) is 4. The van der Waals surface area contributed by atoms with Crippen molar-refractivity contribution in [1.82, 2.24) is 5.32 Å². The second-order valence-corrected chi connectivity index (χ2v) is 5.94. The zero-order valence-corrected chi connectivity index (χ0v) is 14.3. The van der Waals surface area contributed by atoms with E-state index >= 15 is 0 Å². The topological polar surface area (TPSA) is 67.9 Å². The number of nitrogens with zero attached hydrogens (tertiary/aromatic N) is 1. The van der Waals surface area contributed by atoms with Crippen molar-refractivity contribution in [1.29, 1.82) is 0 Å². The van der Waals surface area contributed by atoms with Crippen LogP contribution in [0.3, 0.4) is 0 Å². The van der Waals surface area contributed by atoms with Gasteiger partial charge in [-0.3, -0.25) is 9.69 Å². The lowest BCUT2D eigenvalue weighted by molar-refractivity contribution is 0.0913. The minimum atomic E-state index is -0.459. The van der Waals surface area contributed by atoms with E-state index in [4.69, 9.17) is 21.1 Å². The van der Waals surface area contributed by atoms with E-state index in [0.29, 0.717) is 28.6 Å². The highest BCUT2D eigenvalue weighted by molar-refractivity contribution is 6.30. The average molecular weight is 361 g/mol. The van der Waals surface area contributed by atoms with E-state index < -0.39 is 12.2 Å². The molecule has 0 aromatic heterocycles. The summed E-state index contributed by atoms with van der Waals surface area (Å²) in [7, 11) is 1.51. The van der Waals surface area contributed by atoms with Gasteiger partial charge in [0.05, 0.1) is 25.8 Å². The molecule has 1 fully saturated rings. The smallest absolute Gasteiger partial charge is 0.414 e. The molecule has 2 amide bonds. The molecule has 0 radical (unpaired) electrons. The first-order valence-corrected chi connectivity index (χ1v) is 8.11. The predicted octanol–water partition coefficient (Wildman–Crippen LogP) is 3.10. The number of anilines is 1. The molecule has 1 aliphatic rings. The summed E-state index contributed by atoms with van der Waals surface area (Å²) in [6.07, 6.45) is -0.899. The van der Waals surface area contributed by atoms with E-state index in [1.807, 2.05) is 0 Å². The number of amides is 2. The van der Waals surface area contributed by atoms with Crippen LogP contribution in [0.15, 0.2) is 48.5 Å². The number of hydrogen-bond donors (Lipinski definition) is 1. The van der Waals surface area contributed by atoms with E-state index in [2.05, 4.69) is 5.32 Å². The number of cyclic esters (lactones) is 1. The molecular weight excluding hydrogens is 344 g/mol. The van der Waals surface area contributed by atoms with E-state index in [1.54, 1.807) is 48.5 Å². The number of para-hydroxylation sites is 1. The molecule has 0 spiro atoms. The molecule has 7 heteroatoms. The lowest BCUT2D eigenvalue weighted by atomic mass is 10.2. The number of carbonyl (C=O) groups is 2. The fourth-order valence-electron chi connectivity index (χ4n) is 2.62. The maximum absolute atomic E-state index is 12.3. The van der Waals surface area contributed by atoms with Gasteiger partial charge in [-0.2, -0.15) is 0 Å². The quantitative estimate of drug-likeness (QED) is 0.889. The predicted molar refractivity (Wildman–Crippen MR) is 94.4 cm³/mol. The first-order valence-electron chi connectivity index (χ1n) is 7.73. The Morgan fingerprint density at radius 1 is 1.32 bits per heavy atom. The molecule has 130 valence electrons. The standard InChI is InChI=1S/C18H17ClN2O4/c1-24-16-8-3-2-7-15(16)17(22)20-10-14-11-21(18(23)25-14)13-6-4-5-12(19)9-13/h2-9,14H,10-11H2,1H3,(H,20,22). The molecule has 2 aromatic rings. The summed E-state index contributed by atoms with van der Waals surface area (Å²) in [5.74, 6) is 0.207. The number of benzene rings is 2. The molecule has 1 atom stereocenters. The van der Waals surface area contributed by atoms with Gasteiger partial charge >= 0.3 is 6.09 Å². The molecule has 0 saturated carbocycles. The molecule has 0 aliphatic carbocycles. The SMILES string of the molecule is COc1ccccc1C(=O)NCC1CN(c2cccc(Cl)c2)C(=O)O1. The zero-order chi connectivity index (χ0) is 17.8. The fraction of sp³-hybridized carbons (Fsp3) is 0.222. The molecule has 1 saturated heterocycles. The Hall–Kier alpha value is -2.73. The number of methoxy groups -OCH3 is 1. The molecule has 1 unspecified atom stereocenters. The highest BCUT2D eigenvalue weighted by atomic mass is 35.5. The summed E-state index contributed by atoms with van der Waals surface area (Å²) in [5, 5.41) is 3.31. The maximum atomic E-state index is 12.3. The van der Waals surface area contributed by atoms with Crippen molar-refractivity contribution in [3.63, 3.8) is 0 Å². The van der Waals surface area contributed by atoms with E-state index in [-0.39, 0.29) is 12.5 Å². The lowest BCUT2D eigenvalue weighted by Gasteiger charge is -2.13. The van der Waals surface area contributed by atoms with Gasteiger partial charge in [0.1, 0.15) is 11.9 Å². The van der Waals surface area contributed by atoms with Gasteiger partial charge in [0, 0.05) is 10.7 Å². The zero-order valence-electron chi connectivity index (χ0n) is 13.6. The van der Waals surface area contributed by atoms with Crippen molar-refractivity contribution in [2.24, 2.45) is 0 Å².